The van der Waals surface area contributed by atoms with Gasteiger partial charge in [0.25, 0.3) is 0 Å². The Hall–Kier alpha value is -2.18. The summed E-state index contributed by atoms with van der Waals surface area (Å²) in [5.41, 5.74) is 0. The molecule has 2 unspecified atom stereocenters. The number of unbranched alkanes of at least 4 members (excludes halogenated alkanes) is 45. The van der Waals surface area contributed by atoms with Crippen molar-refractivity contribution in [2.24, 2.45) is 0 Å². The summed E-state index contributed by atoms with van der Waals surface area (Å²) in [6.45, 7) is 4.90. The first kappa shape index (κ1) is 72.8. The van der Waals surface area contributed by atoms with Gasteiger partial charge in [-0.1, -0.05) is 300 Å². The molecule has 0 aliphatic carbocycles. The van der Waals surface area contributed by atoms with Crippen molar-refractivity contribution in [1.82, 2.24) is 5.32 Å². The van der Waals surface area contributed by atoms with Crippen LogP contribution in [0.1, 0.15) is 354 Å². The van der Waals surface area contributed by atoms with Crippen molar-refractivity contribution >= 4 is 11.9 Å². The van der Waals surface area contributed by atoms with E-state index in [0.29, 0.717) is 19.4 Å². The van der Waals surface area contributed by atoms with Crippen LogP contribution in [0, 0.1) is 0 Å². The predicted molar refractivity (Wildman–Crippen MR) is 329 cm³/mol. The Labute approximate surface area is 467 Å². The molecule has 0 heterocycles. The first-order valence-electron chi connectivity index (χ1n) is 33.4. The predicted octanol–water partition coefficient (Wildman–Crippen LogP) is 21.3. The van der Waals surface area contributed by atoms with E-state index in [1.165, 1.54) is 276 Å². The molecular formula is C69H129NO5. The lowest BCUT2D eigenvalue weighted by Crippen LogP contribution is -2.45. The highest BCUT2D eigenvalue weighted by molar-refractivity contribution is 5.76. The number of allylic oxidation sites excluding steroid dienone is 7. The molecule has 0 aromatic rings. The van der Waals surface area contributed by atoms with E-state index in [0.717, 1.165) is 51.4 Å². The van der Waals surface area contributed by atoms with E-state index >= 15 is 0 Å². The second kappa shape index (κ2) is 64.3. The van der Waals surface area contributed by atoms with E-state index in [9.17, 15) is 19.8 Å². The van der Waals surface area contributed by atoms with Gasteiger partial charge in [-0.15, -0.1) is 0 Å². The smallest absolute Gasteiger partial charge is 0.305 e. The van der Waals surface area contributed by atoms with Gasteiger partial charge >= 0.3 is 5.97 Å². The minimum Gasteiger partial charge on any atom is -0.466 e. The number of hydrogen-bond acceptors (Lipinski definition) is 5. The lowest BCUT2D eigenvalue weighted by atomic mass is 10.0. The van der Waals surface area contributed by atoms with Gasteiger partial charge in [0.2, 0.25) is 5.91 Å². The molecule has 0 saturated carbocycles. The third-order valence-corrected chi connectivity index (χ3v) is 15.3. The van der Waals surface area contributed by atoms with Gasteiger partial charge in [0, 0.05) is 12.8 Å². The molecule has 0 rings (SSSR count). The van der Waals surface area contributed by atoms with Crippen LogP contribution < -0.4 is 5.32 Å². The Morgan fingerprint density at radius 1 is 0.373 bits per heavy atom. The number of carbonyl (C=O) groups excluding carboxylic acids is 2. The highest BCUT2D eigenvalue weighted by Gasteiger charge is 2.18. The minimum absolute atomic E-state index is 0.00823. The molecule has 6 heteroatoms. The molecule has 0 spiro atoms. The third-order valence-electron chi connectivity index (χ3n) is 15.3. The first-order chi connectivity index (χ1) is 37.0. The SMILES string of the molecule is CCCCCCCC/C=C\CCCCCCCCCC(=O)OCCCCCCCCCCC/C=C\C/C=C\CCCCCCCCCCCCCCCC(=O)NC(CO)C(O)/C=C/CCCCCCCCCCCC. The second-order valence-electron chi connectivity index (χ2n) is 22.8. The van der Waals surface area contributed by atoms with Gasteiger partial charge in [-0.3, -0.25) is 9.59 Å². The quantitative estimate of drug-likeness (QED) is 0.0320. The lowest BCUT2D eigenvalue weighted by molar-refractivity contribution is -0.143. The van der Waals surface area contributed by atoms with Gasteiger partial charge < -0.3 is 20.3 Å². The van der Waals surface area contributed by atoms with E-state index in [1.54, 1.807) is 6.08 Å². The summed E-state index contributed by atoms with van der Waals surface area (Å²) >= 11 is 0. The van der Waals surface area contributed by atoms with Crippen molar-refractivity contribution < 1.29 is 24.5 Å². The average molecular weight is 1050 g/mol. The molecule has 1 amide bonds. The largest absolute Gasteiger partial charge is 0.466 e. The molecule has 0 radical (unpaired) electrons. The number of aliphatic hydroxyl groups excluding tert-OH is 2. The Morgan fingerprint density at radius 2 is 0.667 bits per heavy atom. The Kier molecular flexibility index (Phi) is 62.5. The first-order valence-corrected chi connectivity index (χ1v) is 33.4. The molecule has 0 aromatic carbocycles. The van der Waals surface area contributed by atoms with Crippen LogP contribution in [-0.2, 0) is 14.3 Å². The van der Waals surface area contributed by atoms with Gasteiger partial charge in [-0.2, -0.15) is 0 Å². The van der Waals surface area contributed by atoms with Gasteiger partial charge in [0.05, 0.1) is 25.4 Å². The monoisotopic (exact) mass is 1050 g/mol. The van der Waals surface area contributed by atoms with Gasteiger partial charge in [-0.05, 0) is 89.9 Å². The number of aliphatic hydroxyl groups is 2. The Bertz CT molecular complexity index is 1260. The summed E-state index contributed by atoms with van der Waals surface area (Å²) in [5, 5.41) is 23.1. The van der Waals surface area contributed by atoms with Crippen molar-refractivity contribution in [3.05, 3.63) is 48.6 Å². The molecule has 2 atom stereocenters. The number of rotatable bonds is 62. The standard InChI is InChI=1S/C69H129NO5/c1-3-5-7-9-11-13-15-17-18-32-36-39-43-47-51-55-59-63-69(74)75-64-60-56-52-48-44-40-37-34-31-29-27-25-23-21-19-20-22-24-26-28-30-33-35-38-42-46-50-54-58-62-68(73)70-66(65-71)67(72)61-57-53-49-45-41-16-14-12-10-8-6-4-2/h17-19,21,25,27,57,61,66-67,71-72H,3-16,20,22-24,26,28-56,58-60,62-65H2,1-2H3,(H,70,73)/b18-17-,21-19-,27-25-,61-57+. The summed E-state index contributed by atoms with van der Waals surface area (Å²) in [4.78, 5) is 24.5. The number of carbonyl (C=O) groups is 2. The fraction of sp³-hybridized carbons (Fsp3) is 0.855. The van der Waals surface area contributed by atoms with Crippen LogP contribution in [0.4, 0.5) is 0 Å². The summed E-state index contributed by atoms with van der Waals surface area (Å²) < 4.78 is 5.49. The molecule has 0 bridgehead atoms. The number of hydrogen-bond donors (Lipinski definition) is 3. The number of ether oxygens (including phenoxy) is 1. The van der Waals surface area contributed by atoms with Crippen LogP contribution in [0.5, 0.6) is 0 Å². The van der Waals surface area contributed by atoms with Crippen LogP contribution in [0.3, 0.4) is 0 Å². The maximum atomic E-state index is 12.4. The van der Waals surface area contributed by atoms with Crippen molar-refractivity contribution in [2.75, 3.05) is 13.2 Å². The molecule has 0 fully saturated rings. The van der Waals surface area contributed by atoms with Gasteiger partial charge in [0.15, 0.2) is 0 Å². The van der Waals surface area contributed by atoms with Crippen molar-refractivity contribution in [2.45, 2.75) is 366 Å². The summed E-state index contributed by atoms with van der Waals surface area (Å²) in [6, 6.07) is -0.628. The van der Waals surface area contributed by atoms with E-state index < -0.39 is 12.1 Å². The van der Waals surface area contributed by atoms with Crippen LogP contribution in [0.15, 0.2) is 48.6 Å². The van der Waals surface area contributed by atoms with Crippen molar-refractivity contribution in [1.29, 1.82) is 0 Å². The summed E-state index contributed by atoms with van der Waals surface area (Å²) in [5.74, 6) is -0.0610. The Balaban J connectivity index is 3.40. The zero-order valence-corrected chi connectivity index (χ0v) is 50.3. The molecule has 0 aliphatic rings. The normalized spacial score (nSPS) is 12.9. The second-order valence-corrected chi connectivity index (χ2v) is 22.8. The van der Waals surface area contributed by atoms with Crippen molar-refractivity contribution in [3.8, 4) is 0 Å². The molecule has 3 N–H and O–H groups in total. The molecular weight excluding hydrogens is 923 g/mol. The van der Waals surface area contributed by atoms with Crippen molar-refractivity contribution in [3.63, 3.8) is 0 Å². The molecule has 75 heavy (non-hydrogen) atoms. The number of esters is 1. The van der Waals surface area contributed by atoms with Crippen LogP contribution in [0.25, 0.3) is 0 Å². The highest BCUT2D eigenvalue weighted by atomic mass is 16.5. The molecule has 440 valence electrons. The van der Waals surface area contributed by atoms with Crippen LogP contribution in [0.2, 0.25) is 0 Å². The molecule has 6 nitrogen and oxygen atoms in total. The molecule has 0 aliphatic heterocycles. The third kappa shape index (κ3) is 60.9. The topological polar surface area (TPSA) is 95.9 Å². The van der Waals surface area contributed by atoms with Crippen LogP contribution in [-0.4, -0.2) is 47.4 Å². The maximum absolute atomic E-state index is 12.4. The zero-order chi connectivity index (χ0) is 54.3. The number of nitrogens with one attached hydrogen (secondary N) is 1. The average Bonchev–Trinajstić information content (AvgIpc) is 3.41. The highest BCUT2D eigenvalue weighted by Crippen LogP contribution is 2.17. The van der Waals surface area contributed by atoms with E-state index in [4.69, 9.17) is 4.74 Å². The Morgan fingerprint density at radius 3 is 1.03 bits per heavy atom. The fourth-order valence-electron chi connectivity index (χ4n) is 10.2. The zero-order valence-electron chi connectivity index (χ0n) is 50.3. The van der Waals surface area contributed by atoms with E-state index in [-0.39, 0.29) is 18.5 Å². The van der Waals surface area contributed by atoms with Crippen LogP contribution >= 0.6 is 0 Å². The lowest BCUT2D eigenvalue weighted by Gasteiger charge is -2.20. The molecule has 0 saturated heterocycles. The number of amides is 1. The van der Waals surface area contributed by atoms with E-state index in [2.05, 4.69) is 55.6 Å². The fourth-order valence-corrected chi connectivity index (χ4v) is 10.2. The molecule has 0 aromatic heterocycles. The minimum atomic E-state index is -0.844. The summed E-state index contributed by atoms with van der Waals surface area (Å²) in [7, 11) is 0. The summed E-state index contributed by atoms with van der Waals surface area (Å²) in [6.07, 6.45) is 83.2. The van der Waals surface area contributed by atoms with Gasteiger partial charge in [0.1, 0.15) is 0 Å². The van der Waals surface area contributed by atoms with Gasteiger partial charge in [-0.25, -0.2) is 0 Å². The van der Waals surface area contributed by atoms with E-state index in [1.807, 2.05) is 6.08 Å². The maximum Gasteiger partial charge on any atom is 0.305 e.